The molecular weight excluding hydrogens is 354 g/mol. The van der Waals surface area contributed by atoms with E-state index in [0.717, 1.165) is 17.3 Å². The lowest BCUT2D eigenvalue weighted by molar-refractivity contribution is 0.0924. The monoisotopic (exact) mass is 377 g/mol. The molecule has 6 heteroatoms. The van der Waals surface area contributed by atoms with Gasteiger partial charge in [-0.3, -0.25) is 14.6 Å². The molecule has 0 bridgehead atoms. The Hall–Kier alpha value is -2.99. The number of para-hydroxylation sites is 1. The van der Waals surface area contributed by atoms with Crippen LogP contribution in [0.3, 0.4) is 0 Å². The van der Waals surface area contributed by atoms with Gasteiger partial charge in [-0.2, -0.15) is 0 Å². The molecule has 1 amide bonds. The third-order valence-electron chi connectivity index (χ3n) is 5.34. The van der Waals surface area contributed by atoms with E-state index < -0.39 is 0 Å². The third-order valence-corrected chi connectivity index (χ3v) is 5.34. The van der Waals surface area contributed by atoms with Crippen LogP contribution in [0.15, 0.2) is 59.7 Å². The van der Waals surface area contributed by atoms with Crippen LogP contribution in [0.1, 0.15) is 22.8 Å². The van der Waals surface area contributed by atoms with E-state index in [1.807, 2.05) is 37.4 Å². The van der Waals surface area contributed by atoms with E-state index in [1.54, 1.807) is 16.8 Å². The van der Waals surface area contributed by atoms with Crippen molar-refractivity contribution in [2.24, 2.45) is 5.92 Å². The van der Waals surface area contributed by atoms with Crippen molar-refractivity contribution in [1.82, 2.24) is 14.9 Å². The van der Waals surface area contributed by atoms with Gasteiger partial charge in [0.2, 0.25) is 0 Å². The van der Waals surface area contributed by atoms with Gasteiger partial charge in [0.05, 0.1) is 24.8 Å². The van der Waals surface area contributed by atoms with Gasteiger partial charge in [-0.25, -0.2) is 0 Å². The Balaban J connectivity index is 1.50. The lowest BCUT2D eigenvalue weighted by Gasteiger charge is -2.20. The molecule has 144 valence electrons. The number of ether oxygens (including phenoxy) is 1. The first-order chi connectivity index (χ1) is 13.7. The van der Waals surface area contributed by atoms with Gasteiger partial charge in [0.1, 0.15) is 0 Å². The maximum absolute atomic E-state index is 12.6. The number of pyridine rings is 2. The van der Waals surface area contributed by atoms with E-state index in [2.05, 4.69) is 16.4 Å². The van der Waals surface area contributed by atoms with Crippen LogP contribution in [-0.2, 0) is 17.7 Å². The molecule has 1 fully saturated rings. The molecule has 3 heterocycles. The summed E-state index contributed by atoms with van der Waals surface area (Å²) in [4.78, 5) is 29.0. The van der Waals surface area contributed by atoms with Crippen LogP contribution in [-0.4, -0.2) is 34.7 Å². The van der Waals surface area contributed by atoms with Crippen molar-refractivity contribution in [3.63, 3.8) is 0 Å². The van der Waals surface area contributed by atoms with Gasteiger partial charge in [-0.15, -0.1) is 0 Å². The molecule has 1 aromatic carbocycles. The zero-order valence-electron chi connectivity index (χ0n) is 15.8. The van der Waals surface area contributed by atoms with Crippen LogP contribution in [0.25, 0.3) is 10.9 Å². The first kappa shape index (κ1) is 18.4. The SMILES string of the molecule is CCn1ccc(C(=O)N[C@@H]2COC[C@H]2Cc2ccnc3ccccc23)cc1=O. The number of fused-ring (bicyclic) bond motifs is 1. The summed E-state index contributed by atoms with van der Waals surface area (Å²) in [7, 11) is 0. The summed E-state index contributed by atoms with van der Waals surface area (Å²) in [5.41, 5.74) is 2.38. The Morgan fingerprint density at radius 2 is 2.11 bits per heavy atom. The number of nitrogens with one attached hydrogen (secondary N) is 1. The van der Waals surface area contributed by atoms with Crippen LogP contribution in [0.2, 0.25) is 0 Å². The number of aromatic nitrogens is 2. The Morgan fingerprint density at radius 3 is 2.93 bits per heavy atom. The average Bonchev–Trinajstić information content (AvgIpc) is 3.14. The third kappa shape index (κ3) is 3.68. The second-order valence-electron chi connectivity index (χ2n) is 7.11. The molecule has 0 aliphatic carbocycles. The molecule has 0 unspecified atom stereocenters. The summed E-state index contributed by atoms with van der Waals surface area (Å²) in [6.45, 7) is 3.55. The lowest BCUT2D eigenvalue weighted by Crippen LogP contribution is -2.41. The molecule has 1 aliphatic heterocycles. The lowest BCUT2D eigenvalue weighted by atomic mass is 9.93. The molecule has 1 saturated heterocycles. The van der Waals surface area contributed by atoms with Gasteiger partial charge < -0.3 is 14.6 Å². The average molecular weight is 377 g/mol. The van der Waals surface area contributed by atoms with E-state index >= 15 is 0 Å². The van der Waals surface area contributed by atoms with Crippen molar-refractivity contribution in [1.29, 1.82) is 0 Å². The number of hydrogen-bond donors (Lipinski definition) is 1. The molecule has 0 spiro atoms. The number of rotatable bonds is 5. The Morgan fingerprint density at radius 1 is 1.25 bits per heavy atom. The number of amides is 1. The summed E-state index contributed by atoms with van der Waals surface area (Å²) < 4.78 is 7.22. The Labute approximate surface area is 163 Å². The number of carbonyl (C=O) groups excluding carboxylic acids is 1. The molecule has 28 heavy (non-hydrogen) atoms. The minimum absolute atomic E-state index is 0.0898. The molecule has 0 radical (unpaired) electrons. The van der Waals surface area contributed by atoms with Gasteiger partial charge in [-0.05, 0) is 37.1 Å². The maximum Gasteiger partial charge on any atom is 0.251 e. The van der Waals surface area contributed by atoms with Gasteiger partial charge in [0.25, 0.3) is 11.5 Å². The van der Waals surface area contributed by atoms with E-state index in [4.69, 9.17) is 4.74 Å². The molecule has 2 aromatic heterocycles. The van der Waals surface area contributed by atoms with E-state index in [9.17, 15) is 9.59 Å². The predicted octanol–water partition coefficient (Wildman–Crippen LogP) is 2.40. The molecule has 6 nitrogen and oxygen atoms in total. The molecule has 2 atom stereocenters. The van der Waals surface area contributed by atoms with Crippen LogP contribution in [0.5, 0.6) is 0 Å². The zero-order chi connectivity index (χ0) is 19.5. The quantitative estimate of drug-likeness (QED) is 0.741. The molecule has 3 aromatic rings. The van der Waals surface area contributed by atoms with Crippen molar-refractivity contribution in [3.05, 3.63) is 76.3 Å². The van der Waals surface area contributed by atoms with Gasteiger partial charge >= 0.3 is 0 Å². The van der Waals surface area contributed by atoms with Crippen molar-refractivity contribution in [3.8, 4) is 0 Å². The summed E-state index contributed by atoms with van der Waals surface area (Å²) in [5.74, 6) is -0.0637. The van der Waals surface area contributed by atoms with Gasteiger partial charge in [0.15, 0.2) is 0 Å². The second kappa shape index (κ2) is 7.94. The molecule has 0 saturated carbocycles. The van der Waals surface area contributed by atoms with Crippen LogP contribution in [0.4, 0.5) is 0 Å². The second-order valence-corrected chi connectivity index (χ2v) is 7.11. The Bertz CT molecular complexity index is 1050. The summed E-state index contributed by atoms with van der Waals surface area (Å²) in [6.07, 6.45) is 4.28. The number of hydrogen-bond acceptors (Lipinski definition) is 4. The van der Waals surface area contributed by atoms with Gasteiger partial charge in [0, 0.05) is 41.9 Å². The van der Waals surface area contributed by atoms with Crippen LogP contribution < -0.4 is 10.9 Å². The molecule has 1 aliphatic rings. The van der Waals surface area contributed by atoms with Crippen LogP contribution >= 0.6 is 0 Å². The minimum Gasteiger partial charge on any atom is -0.379 e. The highest BCUT2D eigenvalue weighted by molar-refractivity contribution is 5.94. The normalized spacial score (nSPS) is 19.0. The van der Waals surface area contributed by atoms with Crippen LogP contribution in [0, 0.1) is 5.92 Å². The smallest absolute Gasteiger partial charge is 0.251 e. The minimum atomic E-state index is -0.236. The van der Waals surface area contributed by atoms with Crippen molar-refractivity contribution < 1.29 is 9.53 Å². The summed E-state index contributed by atoms with van der Waals surface area (Å²) >= 11 is 0. The highest BCUT2D eigenvalue weighted by Gasteiger charge is 2.30. The largest absolute Gasteiger partial charge is 0.379 e. The number of aryl methyl sites for hydroxylation is 1. The van der Waals surface area contributed by atoms with Crippen molar-refractivity contribution >= 4 is 16.8 Å². The topological polar surface area (TPSA) is 73.2 Å². The van der Waals surface area contributed by atoms with Crippen molar-refractivity contribution in [2.45, 2.75) is 25.9 Å². The molecular formula is C22H23N3O3. The van der Waals surface area contributed by atoms with E-state index in [1.165, 1.54) is 11.6 Å². The highest BCUT2D eigenvalue weighted by Crippen LogP contribution is 2.24. The van der Waals surface area contributed by atoms with E-state index in [-0.39, 0.29) is 23.4 Å². The Kier molecular flexibility index (Phi) is 5.21. The molecule has 4 rings (SSSR count). The molecule has 1 N–H and O–H groups in total. The first-order valence-electron chi connectivity index (χ1n) is 9.57. The van der Waals surface area contributed by atoms with Gasteiger partial charge in [-0.1, -0.05) is 18.2 Å². The number of nitrogens with zero attached hydrogens (tertiary/aromatic N) is 2. The fraction of sp³-hybridized carbons (Fsp3) is 0.318. The maximum atomic E-state index is 12.6. The fourth-order valence-electron chi connectivity index (χ4n) is 3.74. The highest BCUT2D eigenvalue weighted by atomic mass is 16.5. The summed E-state index contributed by atoms with van der Waals surface area (Å²) in [5, 5.41) is 4.18. The van der Waals surface area contributed by atoms with Crippen molar-refractivity contribution in [2.75, 3.05) is 13.2 Å². The fourth-order valence-corrected chi connectivity index (χ4v) is 3.74. The number of carbonyl (C=O) groups is 1. The summed E-state index contributed by atoms with van der Waals surface area (Å²) in [6, 6.07) is 13.1. The predicted molar refractivity (Wildman–Crippen MR) is 107 cm³/mol. The standard InChI is InChI=1S/C22H23N3O3/c1-2-25-10-8-16(12-21(25)26)22(27)24-20-14-28-13-17(20)11-15-7-9-23-19-6-4-3-5-18(15)19/h3-10,12,17,20H,2,11,13-14H2,1H3,(H,24,27)/t17-,20-/m1/s1. The zero-order valence-corrected chi connectivity index (χ0v) is 15.8. The van der Waals surface area contributed by atoms with E-state index in [0.29, 0.717) is 25.3 Å². The first-order valence-corrected chi connectivity index (χ1v) is 9.57. The number of benzene rings is 1.